The third-order valence-electron chi connectivity index (χ3n) is 5.65. The molecule has 0 radical (unpaired) electrons. The summed E-state index contributed by atoms with van der Waals surface area (Å²) < 4.78 is 2.23. The van der Waals surface area contributed by atoms with Crippen molar-refractivity contribution in [3.63, 3.8) is 0 Å². The highest BCUT2D eigenvalue weighted by Crippen LogP contribution is 2.25. The van der Waals surface area contributed by atoms with E-state index in [4.69, 9.17) is 0 Å². The van der Waals surface area contributed by atoms with Crippen LogP contribution in [0.4, 0.5) is 0 Å². The number of nitrogens with zero attached hydrogens (tertiary/aromatic N) is 1. The molecule has 0 aliphatic heterocycles. The molecule has 0 unspecified atom stereocenters. The molecular weight excluding hydrogens is 386 g/mol. The molecule has 0 bridgehead atoms. The first kappa shape index (κ1) is 20.6. The monoisotopic (exact) mass is 411 g/mol. The number of pyridine rings is 1. The Bertz CT molecular complexity index is 1290. The van der Waals surface area contributed by atoms with Crippen LogP contribution in [-0.2, 0) is 13.0 Å². The number of aromatic nitrogens is 1. The standard InChI is InChI=1S/C27H25NO3/c1-2-3-8-21-17-26(29)24-11-6-7-12-25(24)28(21)18-19-13-15-20(16-14-19)22-9-4-5-10-23(22)27(30)31/h4-7,9-17H,2-3,8,18H2,1H3,(H,30,31). The van der Waals surface area contributed by atoms with Crippen LogP contribution in [0.15, 0.2) is 83.7 Å². The van der Waals surface area contributed by atoms with Crippen molar-refractivity contribution in [3.8, 4) is 11.1 Å². The summed E-state index contributed by atoms with van der Waals surface area (Å²) in [7, 11) is 0. The van der Waals surface area contributed by atoms with Gasteiger partial charge in [-0.3, -0.25) is 4.79 Å². The Morgan fingerprint density at radius 2 is 1.65 bits per heavy atom. The number of unbranched alkanes of at least 4 members (excludes halogenated alkanes) is 1. The number of aryl methyl sites for hydroxylation is 1. The fourth-order valence-electron chi connectivity index (χ4n) is 4.02. The van der Waals surface area contributed by atoms with Crippen LogP contribution in [0.5, 0.6) is 0 Å². The van der Waals surface area contributed by atoms with E-state index in [1.165, 1.54) is 0 Å². The number of hydrogen-bond donors (Lipinski definition) is 1. The number of carbonyl (C=O) groups is 1. The molecule has 4 rings (SSSR count). The highest BCUT2D eigenvalue weighted by molar-refractivity contribution is 5.96. The molecule has 0 aliphatic rings. The van der Waals surface area contributed by atoms with Gasteiger partial charge in [0.1, 0.15) is 0 Å². The van der Waals surface area contributed by atoms with Crippen LogP contribution in [0, 0.1) is 0 Å². The Balaban J connectivity index is 1.72. The van der Waals surface area contributed by atoms with Gasteiger partial charge in [-0.1, -0.05) is 67.9 Å². The van der Waals surface area contributed by atoms with E-state index in [1.807, 2.05) is 60.7 Å². The van der Waals surface area contributed by atoms with Gasteiger partial charge in [-0.15, -0.1) is 0 Å². The number of carboxylic acids is 1. The maximum atomic E-state index is 12.6. The van der Waals surface area contributed by atoms with Gasteiger partial charge < -0.3 is 9.67 Å². The van der Waals surface area contributed by atoms with Crippen molar-refractivity contribution in [1.29, 1.82) is 0 Å². The zero-order valence-corrected chi connectivity index (χ0v) is 17.5. The van der Waals surface area contributed by atoms with E-state index in [1.54, 1.807) is 18.2 Å². The molecule has 0 saturated carbocycles. The molecule has 1 heterocycles. The number of fused-ring (bicyclic) bond motifs is 1. The van der Waals surface area contributed by atoms with Gasteiger partial charge in [-0.2, -0.15) is 0 Å². The van der Waals surface area contributed by atoms with E-state index < -0.39 is 5.97 Å². The molecule has 1 aromatic heterocycles. The van der Waals surface area contributed by atoms with Gasteiger partial charge in [-0.25, -0.2) is 4.79 Å². The molecule has 0 atom stereocenters. The fourth-order valence-corrected chi connectivity index (χ4v) is 4.02. The van der Waals surface area contributed by atoms with Crippen LogP contribution >= 0.6 is 0 Å². The average Bonchev–Trinajstić information content (AvgIpc) is 2.80. The van der Waals surface area contributed by atoms with Crippen LogP contribution in [0.1, 0.15) is 41.4 Å². The van der Waals surface area contributed by atoms with Crippen LogP contribution < -0.4 is 5.43 Å². The molecule has 4 nitrogen and oxygen atoms in total. The minimum atomic E-state index is -0.931. The van der Waals surface area contributed by atoms with Gasteiger partial charge in [0.25, 0.3) is 0 Å². The maximum Gasteiger partial charge on any atom is 0.336 e. The summed E-state index contributed by atoms with van der Waals surface area (Å²) in [6, 6.07) is 24.6. The summed E-state index contributed by atoms with van der Waals surface area (Å²) in [5.74, 6) is -0.931. The van der Waals surface area contributed by atoms with Crippen molar-refractivity contribution in [2.75, 3.05) is 0 Å². The van der Waals surface area contributed by atoms with E-state index in [2.05, 4.69) is 11.5 Å². The van der Waals surface area contributed by atoms with Gasteiger partial charge in [0.05, 0.1) is 11.1 Å². The second kappa shape index (κ2) is 9.00. The smallest absolute Gasteiger partial charge is 0.336 e. The molecule has 0 amide bonds. The Labute approximate surface area is 181 Å². The van der Waals surface area contributed by atoms with E-state index in [-0.39, 0.29) is 5.43 Å². The van der Waals surface area contributed by atoms with Crippen molar-refractivity contribution < 1.29 is 9.90 Å². The molecule has 0 spiro atoms. The van der Waals surface area contributed by atoms with Gasteiger partial charge in [0.15, 0.2) is 5.43 Å². The summed E-state index contributed by atoms with van der Waals surface area (Å²) in [4.78, 5) is 24.1. The summed E-state index contributed by atoms with van der Waals surface area (Å²) >= 11 is 0. The lowest BCUT2D eigenvalue weighted by Crippen LogP contribution is -2.15. The fraction of sp³-hybridized carbons (Fsp3) is 0.185. The van der Waals surface area contributed by atoms with E-state index >= 15 is 0 Å². The molecule has 4 heteroatoms. The van der Waals surface area contributed by atoms with Crippen molar-refractivity contribution >= 4 is 16.9 Å². The second-order valence-corrected chi connectivity index (χ2v) is 7.75. The van der Waals surface area contributed by atoms with Crippen molar-refractivity contribution in [3.05, 3.63) is 106 Å². The first-order chi connectivity index (χ1) is 15.1. The maximum absolute atomic E-state index is 12.6. The van der Waals surface area contributed by atoms with Gasteiger partial charge >= 0.3 is 5.97 Å². The van der Waals surface area contributed by atoms with Crippen molar-refractivity contribution in [2.24, 2.45) is 0 Å². The number of para-hydroxylation sites is 1. The molecule has 0 fully saturated rings. The molecule has 0 saturated heterocycles. The summed E-state index contributed by atoms with van der Waals surface area (Å²) in [6.45, 7) is 2.80. The predicted octanol–water partition coefficient (Wildman–Crippen LogP) is 5.76. The highest BCUT2D eigenvalue weighted by atomic mass is 16.4. The van der Waals surface area contributed by atoms with E-state index in [9.17, 15) is 14.7 Å². The van der Waals surface area contributed by atoms with Crippen LogP contribution in [0.2, 0.25) is 0 Å². The largest absolute Gasteiger partial charge is 0.478 e. The predicted molar refractivity (Wildman–Crippen MR) is 125 cm³/mol. The van der Waals surface area contributed by atoms with E-state index in [0.717, 1.165) is 47.0 Å². The van der Waals surface area contributed by atoms with Crippen LogP contribution in [-0.4, -0.2) is 15.6 Å². The lowest BCUT2D eigenvalue weighted by molar-refractivity contribution is 0.0697. The van der Waals surface area contributed by atoms with Crippen LogP contribution in [0.25, 0.3) is 22.0 Å². The Hall–Kier alpha value is -3.66. The molecule has 4 aromatic rings. The molecular formula is C27H25NO3. The van der Waals surface area contributed by atoms with Gasteiger partial charge in [0, 0.05) is 23.7 Å². The van der Waals surface area contributed by atoms with Gasteiger partial charge in [-0.05, 0) is 47.7 Å². The van der Waals surface area contributed by atoms with E-state index in [0.29, 0.717) is 17.7 Å². The minimum absolute atomic E-state index is 0.0681. The minimum Gasteiger partial charge on any atom is -0.478 e. The zero-order chi connectivity index (χ0) is 21.8. The lowest BCUT2D eigenvalue weighted by Gasteiger charge is -2.17. The third-order valence-corrected chi connectivity index (χ3v) is 5.65. The molecule has 3 aromatic carbocycles. The molecule has 1 N–H and O–H groups in total. The quantitative estimate of drug-likeness (QED) is 0.421. The summed E-state index contributed by atoms with van der Waals surface area (Å²) in [5.41, 5.74) is 5.04. The summed E-state index contributed by atoms with van der Waals surface area (Å²) in [6.07, 6.45) is 2.96. The zero-order valence-electron chi connectivity index (χ0n) is 17.5. The van der Waals surface area contributed by atoms with Crippen LogP contribution in [0.3, 0.4) is 0 Å². The Kier molecular flexibility index (Phi) is 5.99. The van der Waals surface area contributed by atoms with Gasteiger partial charge in [0.2, 0.25) is 0 Å². The molecule has 31 heavy (non-hydrogen) atoms. The first-order valence-corrected chi connectivity index (χ1v) is 10.6. The summed E-state index contributed by atoms with van der Waals surface area (Å²) in [5, 5.41) is 10.2. The third kappa shape index (κ3) is 4.29. The van der Waals surface area contributed by atoms with Crippen molar-refractivity contribution in [1.82, 2.24) is 4.57 Å². The second-order valence-electron chi connectivity index (χ2n) is 7.75. The van der Waals surface area contributed by atoms with Crippen molar-refractivity contribution in [2.45, 2.75) is 32.7 Å². The molecule has 156 valence electrons. The molecule has 0 aliphatic carbocycles. The average molecular weight is 412 g/mol. The normalized spacial score (nSPS) is 11.0. The topological polar surface area (TPSA) is 59.3 Å². The SMILES string of the molecule is CCCCc1cc(=O)c2ccccc2n1Cc1ccc(-c2ccccc2C(=O)O)cc1. The number of carboxylic acid groups (broad SMARTS) is 1. The number of rotatable bonds is 7. The Morgan fingerprint density at radius 1 is 0.935 bits per heavy atom. The Morgan fingerprint density at radius 3 is 2.39 bits per heavy atom. The number of hydrogen-bond acceptors (Lipinski definition) is 2. The highest BCUT2D eigenvalue weighted by Gasteiger charge is 2.12. The lowest BCUT2D eigenvalue weighted by atomic mass is 9.98. The number of benzene rings is 3. The number of aromatic carboxylic acids is 1. The first-order valence-electron chi connectivity index (χ1n) is 10.6.